The average molecular weight is 338 g/mol. The Labute approximate surface area is 142 Å². The number of aliphatic hydroxyl groups is 1. The van der Waals surface area contributed by atoms with E-state index in [9.17, 15) is 14.7 Å². The van der Waals surface area contributed by atoms with E-state index in [-0.39, 0.29) is 30.3 Å². The van der Waals surface area contributed by atoms with E-state index in [0.717, 1.165) is 25.7 Å². The van der Waals surface area contributed by atoms with E-state index in [1.165, 1.54) is 0 Å². The zero-order valence-corrected chi connectivity index (χ0v) is 14.0. The van der Waals surface area contributed by atoms with Gasteiger partial charge in [-0.1, -0.05) is 24.4 Å². The standard InChI is InChI=1S/C18H24ClNO3/c19-15-10-8-13(9-11-15)17(22)6-3-7-18(23)20-16-5-2-1-4-14(16)12-21/h8-11,14,16,21H,1-7,12H2,(H,20,23). The molecule has 0 bridgehead atoms. The number of Topliss-reactive ketones (excluding diaryl/α,β-unsaturated/α-hetero) is 1. The van der Waals surface area contributed by atoms with Gasteiger partial charge in [0, 0.05) is 42.0 Å². The summed E-state index contributed by atoms with van der Waals surface area (Å²) >= 11 is 5.80. The Hall–Kier alpha value is -1.39. The fraction of sp³-hybridized carbons (Fsp3) is 0.556. The van der Waals surface area contributed by atoms with Crippen LogP contribution in [0.2, 0.25) is 5.02 Å². The topological polar surface area (TPSA) is 66.4 Å². The molecule has 1 aliphatic carbocycles. The number of carbonyl (C=O) groups is 2. The van der Waals surface area contributed by atoms with Crippen molar-refractivity contribution in [2.24, 2.45) is 5.92 Å². The van der Waals surface area contributed by atoms with Crippen LogP contribution in [0.4, 0.5) is 0 Å². The van der Waals surface area contributed by atoms with E-state index in [4.69, 9.17) is 11.6 Å². The van der Waals surface area contributed by atoms with Crippen LogP contribution in [-0.4, -0.2) is 29.4 Å². The van der Waals surface area contributed by atoms with Crippen molar-refractivity contribution in [3.8, 4) is 0 Å². The number of ketones is 1. The summed E-state index contributed by atoms with van der Waals surface area (Å²) < 4.78 is 0. The molecule has 4 nitrogen and oxygen atoms in total. The third-order valence-electron chi connectivity index (χ3n) is 4.46. The van der Waals surface area contributed by atoms with Crippen molar-refractivity contribution in [3.05, 3.63) is 34.9 Å². The van der Waals surface area contributed by atoms with Gasteiger partial charge in [-0.25, -0.2) is 0 Å². The maximum Gasteiger partial charge on any atom is 0.220 e. The second-order valence-corrected chi connectivity index (χ2v) is 6.62. The van der Waals surface area contributed by atoms with E-state index in [2.05, 4.69) is 5.32 Å². The molecule has 1 amide bonds. The van der Waals surface area contributed by atoms with E-state index < -0.39 is 0 Å². The van der Waals surface area contributed by atoms with Crippen molar-refractivity contribution in [2.45, 2.75) is 51.0 Å². The van der Waals surface area contributed by atoms with Gasteiger partial charge in [0.15, 0.2) is 5.78 Å². The number of amides is 1. The van der Waals surface area contributed by atoms with Crippen LogP contribution in [0.25, 0.3) is 0 Å². The summed E-state index contributed by atoms with van der Waals surface area (Å²) in [7, 11) is 0. The summed E-state index contributed by atoms with van der Waals surface area (Å²) in [5.41, 5.74) is 0.627. The van der Waals surface area contributed by atoms with Gasteiger partial charge in [-0.05, 0) is 43.5 Å². The lowest BCUT2D eigenvalue weighted by Crippen LogP contribution is -2.43. The third-order valence-corrected chi connectivity index (χ3v) is 4.72. The van der Waals surface area contributed by atoms with Gasteiger partial charge in [-0.3, -0.25) is 9.59 Å². The summed E-state index contributed by atoms with van der Waals surface area (Å²) in [6.45, 7) is 0.125. The summed E-state index contributed by atoms with van der Waals surface area (Å²) in [5, 5.41) is 13.0. The Morgan fingerprint density at radius 3 is 2.52 bits per heavy atom. The Balaban J connectivity index is 1.72. The van der Waals surface area contributed by atoms with Crippen LogP contribution < -0.4 is 5.32 Å². The number of hydrogen-bond donors (Lipinski definition) is 2. The molecule has 1 saturated carbocycles. The van der Waals surface area contributed by atoms with Crippen molar-refractivity contribution in [1.29, 1.82) is 0 Å². The van der Waals surface area contributed by atoms with Gasteiger partial charge in [-0.15, -0.1) is 0 Å². The van der Waals surface area contributed by atoms with Crippen LogP contribution in [0.5, 0.6) is 0 Å². The van der Waals surface area contributed by atoms with Crippen LogP contribution in [-0.2, 0) is 4.79 Å². The van der Waals surface area contributed by atoms with E-state index >= 15 is 0 Å². The fourth-order valence-electron chi connectivity index (χ4n) is 3.08. The normalized spacial score (nSPS) is 21.0. The van der Waals surface area contributed by atoms with Crippen molar-refractivity contribution in [3.63, 3.8) is 0 Å². The first-order chi connectivity index (χ1) is 11.1. The number of aliphatic hydroxyl groups excluding tert-OH is 1. The quantitative estimate of drug-likeness (QED) is 0.750. The maximum atomic E-state index is 12.0. The molecule has 0 spiro atoms. The van der Waals surface area contributed by atoms with Crippen LogP contribution >= 0.6 is 11.6 Å². The van der Waals surface area contributed by atoms with Crippen molar-refractivity contribution in [1.82, 2.24) is 5.32 Å². The molecule has 23 heavy (non-hydrogen) atoms. The number of carbonyl (C=O) groups excluding carboxylic acids is 2. The molecule has 2 atom stereocenters. The highest BCUT2D eigenvalue weighted by Gasteiger charge is 2.25. The first kappa shape index (κ1) is 18.0. The third kappa shape index (κ3) is 5.63. The van der Waals surface area contributed by atoms with Gasteiger partial charge < -0.3 is 10.4 Å². The lowest BCUT2D eigenvalue weighted by molar-refractivity contribution is -0.122. The molecule has 0 aliphatic heterocycles. The van der Waals surface area contributed by atoms with E-state index in [1.54, 1.807) is 24.3 Å². The first-order valence-electron chi connectivity index (χ1n) is 8.29. The lowest BCUT2D eigenvalue weighted by Gasteiger charge is -2.30. The number of hydrogen-bond acceptors (Lipinski definition) is 3. The van der Waals surface area contributed by atoms with Crippen molar-refractivity contribution in [2.75, 3.05) is 6.61 Å². The van der Waals surface area contributed by atoms with Crippen molar-refractivity contribution >= 4 is 23.3 Å². The molecule has 126 valence electrons. The minimum Gasteiger partial charge on any atom is -0.396 e. The van der Waals surface area contributed by atoms with E-state index in [1.807, 2.05) is 0 Å². The zero-order valence-electron chi connectivity index (χ0n) is 13.3. The van der Waals surface area contributed by atoms with Crippen LogP contribution in [0.3, 0.4) is 0 Å². The molecule has 0 saturated heterocycles. The Morgan fingerprint density at radius 1 is 1.13 bits per heavy atom. The summed E-state index contributed by atoms with van der Waals surface area (Å²) in [6, 6.07) is 6.88. The highest BCUT2D eigenvalue weighted by molar-refractivity contribution is 6.30. The molecular weight excluding hydrogens is 314 g/mol. The molecular formula is C18H24ClNO3. The number of nitrogens with one attached hydrogen (secondary N) is 1. The summed E-state index contributed by atoms with van der Waals surface area (Å²) in [5.74, 6) is 0.169. The second-order valence-electron chi connectivity index (χ2n) is 6.18. The van der Waals surface area contributed by atoms with Crippen LogP contribution in [0.15, 0.2) is 24.3 Å². The minimum absolute atomic E-state index is 0.0281. The molecule has 1 aliphatic rings. The van der Waals surface area contributed by atoms with Crippen LogP contribution in [0.1, 0.15) is 55.3 Å². The SMILES string of the molecule is O=C(CCCC(=O)c1ccc(Cl)cc1)NC1CCCCC1CO. The summed E-state index contributed by atoms with van der Waals surface area (Å²) in [6.07, 6.45) is 5.34. The maximum absolute atomic E-state index is 12.0. The van der Waals surface area contributed by atoms with Crippen LogP contribution in [0, 0.1) is 5.92 Å². The summed E-state index contributed by atoms with van der Waals surface area (Å²) in [4.78, 5) is 24.0. The largest absolute Gasteiger partial charge is 0.396 e. The van der Waals surface area contributed by atoms with Gasteiger partial charge in [0.2, 0.25) is 5.91 Å². The Bertz CT molecular complexity index is 530. The zero-order chi connectivity index (χ0) is 16.7. The molecule has 0 heterocycles. The number of halogens is 1. The molecule has 0 aromatic heterocycles. The number of rotatable bonds is 7. The predicted molar refractivity (Wildman–Crippen MR) is 90.6 cm³/mol. The minimum atomic E-state index is -0.0285. The van der Waals surface area contributed by atoms with Crippen molar-refractivity contribution < 1.29 is 14.7 Å². The molecule has 1 fully saturated rings. The Kier molecular flexibility index (Phi) is 7.06. The van der Waals surface area contributed by atoms with Gasteiger partial charge in [0.05, 0.1) is 0 Å². The van der Waals surface area contributed by atoms with Gasteiger partial charge in [0.1, 0.15) is 0 Å². The number of benzene rings is 1. The molecule has 0 radical (unpaired) electrons. The highest BCUT2D eigenvalue weighted by Crippen LogP contribution is 2.24. The Morgan fingerprint density at radius 2 is 1.83 bits per heavy atom. The molecule has 5 heteroatoms. The monoisotopic (exact) mass is 337 g/mol. The smallest absolute Gasteiger partial charge is 0.220 e. The van der Waals surface area contributed by atoms with E-state index in [0.29, 0.717) is 29.8 Å². The van der Waals surface area contributed by atoms with Gasteiger partial charge >= 0.3 is 0 Å². The highest BCUT2D eigenvalue weighted by atomic mass is 35.5. The first-order valence-corrected chi connectivity index (χ1v) is 8.67. The molecule has 2 rings (SSSR count). The molecule has 1 aromatic rings. The molecule has 2 N–H and O–H groups in total. The van der Waals surface area contributed by atoms with Gasteiger partial charge in [-0.2, -0.15) is 0 Å². The molecule has 2 unspecified atom stereocenters. The predicted octanol–water partition coefficient (Wildman–Crippen LogP) is 3.36. The fourth-order valence-corrected chi connectivity index (χ4v) is 3.21. The second kappa shape index (κ2) is 9.04. The lowest BCUT2D eigenvalue weighted by atomic mass is 9.85. The average Bonchev–Trinajstić information content (AvgIpc) is 2.56. The van der Waals surface area contributed by atoms with Gasteiger partial charge in [0.25, 0.3) is 0 Å². The molecule has 1 aromatic carbocycles.